The zero-order valence-corrected chi connectivity index (χ0v) is 16.6. The lowest BCUT2D eigenvalue weighted by atomic mass is 10.1. The van der Waals surface area contributed by atoms with Crippen molar-refractivity contribution in [2.45, 2.75) is 79.2 Å². The Morgan fingerprint density at radius 1 is 1.00 bits per heavy atom. The molecule has 140 valence electrons. The summed E-state index contributed by atoms with van der Waals surface area (Å²) in [5.41, 5.74) is 2.59. The summed E-state index contributed by atoms with van der Waals surface area (Å²) >= 11 is 0. The first kappa shape index (κ1) is 23.2. The molecule has 0 amide bonds. The third-order valence-corrected chi connectivity index (χ3v) is 3.69. The quantitative estimate of drug-likeness (QED) is 0.257. The standard InChI is InChI=1S/C17H22O2.C6H14/c1-4-5-6-7-8-15-9-11-16(12-10-15)13-19-17(18)14(2)3;1-3-5-6-4-2/h7-12H,2,4-6,13H2,1,3H3;3-6H2,1-2H3/b8-7+;. The number of ether oxygens (including phenoxy) is 1. The van der Waals surface area contributed by atoms with Crippen LogP contribution in [0.5, 0.6) is 0 Å². The molecule has 0 heterocycles. The van der Waals surface area contributed by atoms with Gasteiger partial charge < -0.3 is 4.74 Å². The highest BCUT2D eigenvalue weighted by molar-refractivity contribution is 5.86. The van der Waals surface area contributed by atoms with Crippen molar-refractivity contribution in [1.82, 2.24) is 0 Å². The predicted molar refractivity (Wildman–Crippen MR) is 109 cm³/mol. The van der Waals surface area contributed by atoms with Crippen LogP contribution in [0.25, 0.3) is 6.08 Å². The van der Waals surface area contributed by atoms with Crippen molar-refractivity contribution in [3.8, 4) is 0 Å². The number of carbonyl (C=O) groups is 1. The fourth-order valence-electron chi connectivity index (χ4n) is 2.04. The third kappa shape index (κ3) is 13.2. The molecule has 0 aliphatic heterocycles. The van der Waals surface area contributed by atoms with E-state index in [1.54, 1.807) is 6.92 Å². The van der Waals surface area contributed by atoms with Gasteiger partial charge in [0.05, 0.1) is 0 Å². The normalized spacial score (nSPS) is 10.2. The maximum absolute atomic E-state index is 11.3. The lowest BCUT2D eigenvalue weighted by Crippen LogP contribution is -2.04. The van der Waals surface area contributed by atoms with Crippen LogP contribution in [0.2, 0.25) is 0 Å². The average molecular weight is 345 g/mol. The van der Waals surface area contributed by atoms with Crippen molar-refractivity contribution in [1.29, 1.82) is 0 Å². The summed E-state index contributed by atoms with van der Waals surface area (Å²) in [4.78, 5) is 11.3. The molecule has 1 aromatic rings. The first-order valence-corrected chi connectivity index (χ1v) is 9.63. The van der Waals surface area contributed by atoms with Crippen molar-refractivity contribution < 1.29 is 9.53 Å². The lowest BCUT2D eigenvalue weighted by Gasteiger charge is -2.04. The number of hydrogen-bond acceptors (Lipinski definition) is 2. The molecule has 25 heavy (non-hydrogen) atoms. The van der Waals surface area contributed by atoms with Gasteiger partial charge in [0.1, 0.15) is 6.61 Å². The number of unbranched alkanes of at least 4 members (excludes halogenated alkanes) is 5. The molecular weight excluding hydrogens is 308 g/mol. The highest BCUT2D eigenvalue weighted by Gasteiger charge is 2.02. The third-order valence-electron chi connectivity index (χ3n) is 3.69. The van der Waals surface area contributed by atoms with E-state index in [-0.39, 0.29) is 5.97 Å². The second-order valence-corrected chi connectivity index (χ2v) is 6.35. The highest BCUT2D eigenvalue weighted by Crippen LogP contribution is 2.09. The Hall–Kier alpha value is -1.83. The molecule has 1 aromatic carbocycles. The van der Waals surface area contributed by atoms with Crippen LogP contribution in [0, 0.1) is 0 Å². The maximum atomic E-state index is 11.3. The van der Waals surface area contributed by atoms with Crippen molar-refractivity contribution in [2.24, 2.45) is 0 Å². The molecule has 0 saturated carbocycles. The summed E-state index contributed by atoms with van der Waals surface area (Å²) in [5, 5.41) is 0. The first-order valence-electron chi connectivity index (χ1n) is 9.63. The van der Waals surface area contributed by atoms with E-state index in [9.17, 15) is 4.79 Å². The van der Waals surface area contributed by atoms with Crippen LogP contribution >= 0.6 is 0 Å². The van der Waals surface area contributed by atoms with E-state index in [0.29, 0.717) is 12.2 Å². The summed E-state index contributed by atoms with van der Waals surface area (Å²) in [7, 11) is 0. The van der Waals surface area contributed by atoms with Gasteiger partial charge in [0.25, 0.3) is 0 Å². The summed E-state index contributed by atoms with van der Waals surface area (Å²) in [6.07, 6.45) is 13.4. The van der Waals surface area contributed by atoms with Crippen LogP contribution in [0.1, 0.15) is 83.8 Å². The molecule has 0 atom stereocenters. The second kappa shape index (κ2) is 15.7. The molecule has 0 spiro atoms. The van der Waals surface area contributed by atoms with Crippen LogP contribution < -0.4 is 0 Å². The van der Waals surface area contributed by atoms with Gasteiger partial charge in [-0.2, -0.15) is 0 Å². The minimum atomic E-state index is -0.344. The van der Waals surface area contributed by atoms with Crippen molar-refractivity contribution in [3.63, 3.8) is 0 Å². The van der Waals surface area contributed by atoms with E-state index in [0.717, 1.165) is 12.0 Å². The van der Waals surface area contributed by atoms with Crippen LogP contribution in [-0.4, -0.2) is 5.97 Å². The lowest BCUT2D eigenvalue weighted by molar-refractivity contribution is -0.140. The Kier molecular flexibility index (Phi) is 14.5. The molecule has 2 nitrogen and oxygen atoms in total. The Balaban J connectivity index is 0.000000823. The molecule has 0 fully saturated rings. The Labute approximate surface area is 155 Å². The summed E-state index contributed by atoms with van der Waals surface area (Å²) in [6, 6.07) is 8.02. The number of allylic oxidation sites excluding steroid dienone is 1. The summed E-state index contributed by atoms with van der Waals surface area (Å²) in [6.45, 7) is 12.1. The van der Waals surface area contributed by atoms with E-state index in [1.165, 1.54) is 44.1 Å². The molecule has 0 aliphatic carbocycles. The minimum Gasteiger partial charge on any atom is -0.457 e. The Morgan fingerprint density at radius 2 is 1.56 bits per heavy atom. The molecule has 1 rings (SSSR count). The molecule has 0 aromatic heterocycles. The first-order chi connectivity index (χ1) is 12.0. The van der Waals surface area contributed by atoms with Crippen molar-refractivity contribution in [2.75, 3.05) is 0 Å². The molecular formula is C23H36O2. The number of rotatable bonds is 10. The van der Waals surface area contributed by atoms with E-state index in [2.05, 4.69) is 39.5 Å². The SMILES string of the molecule is C=C(C)C(=O)OCc1ccc(/C=C/CCCC)cc1.CCCCCC. The molecule has 0 saturated heterocycles. The van der Waals surface area contributed by atoms with Gasteiger partial charge in [-0.05, 0) is 24.5 Å². The molecule has 0 bridgehead atoms. The van der Waals surface area contributed by atoms with Crippen molar-refractivity contribution >= 4 is 12.0 Å². The highest BCUT2D eigenvalue weighted by atomic mass is 16.5. The van der Waals surface area contributed by atoms with Gasteiger partial charge in [-0.15, -0.1) is 0 Å². The van der Waals surface area contributed by atoms with Crippen LogP contribution in [0.4, 0.5) is 0 Å². The van der Waals surface area contributed by atoms with Gasteiger partial charge >= 0.3 is 5.97 Å². The predicted octanol–water partition coefficient (Wildman–Crippen LogP) is 7.10. The Bertz CT molecular complexity index is 493. The topological polar surface area (TPSA) is 26.3 Å². The van der Waals surface area contributed by atoms with E-state index < -0.39 is 0 Å². The van der Waals surface area contributed by atoms with Crippen molar-refractivity contribution in [3.05, 3.63) is 53.6 Å². The molecule has 0 aliphatic rings. The number of esters is 1. The van der Waals surface area contributed by atoms with Gasteiger partial charge in [-0.3, -0.25) is 0 Å². The zero-order chi connectivity index (χ0) is 18.9. The van der Waals surface area contributed by atoms with Crippen LogP contribution in [0.3, 0.4) is 0 Å². The van der Waals surface area contributed by atoms with E-state index in [4.69, 9.17) is 4.74 Å². The molecule has 0 unspecified atom stereocenters. The van der Waals surface area contributed by atoms with E-state index in [1.807, 2.05) is 24.3 Å². The summed E-state index contributed by atoms with van der Waals surface area (Å²) < 4.78 is 5.09. The smallest absolute Gasteiger partial charge is 0.333 e. The summed E-state index contributed by atoms with van der Waals surface area (Å²) in [5.74, 6) is -0.344. The number of benzene rings is 1. The number of hydrogen-bond donors (Lipinski definition) is 0. The fraction of sp³-hybridized carbons (Fsp3) is 0.522. The van der Waals surface area contributed by atoms with Gasteiger partial charge in [0, 0.05) is 5.57 Å². The fourth-order valence-corrected chi connectivity index (χ4v) is 2.04. The van der Waals surface area contributed by atoms with Crippen LogP contribution in [0.15, 0.2) is 42.5 Å². The van der Waals surface area contributed by atoms with Gasteiger partial charge in [0.15, 0.2) is 0 Å². The van der Waals surface area contributed by atoms with Gasteiger partial charge in [0.2, 0.25) is 0 Å². The van der Waals surface area contributed by atoms with E-state index >= 15 is 0 Å². The number of carbonyl (C=O) groups excluding carboxylic acids is 1. The molecule has 0 radical (unpaired) electrons. The molecule has 0 N–H and O–H groups in total. The Morgan fingerprint density at radius 3 is 2.04 bits per heavy atom. The zero-order valence-electron chi connectivity index (χ0n) is 16.6. The average Bonchev–Trinajstić information content (AvgIpc) is 2.63. The minimum absolute atomic E-state index is 0.297. The van der Waals surface area contributed by atoms with Crippen LogP contribution in [-0.2, 0) is 16.1 Å². The van der Waals surface area contributed by atoms with Gasteiger partial charge in [-0.1, -0.05) is 102 Å². The second-order valence-electron chi connectivity index (χ2n) is 6.35. The maximum Gasteiger partial charge on any atom is 0.333 e. The largest absolute Gasteiger partial charge is 0.457 e. The molecule has 2 heteroatoms. The monoisotopic (exact) mass is 344 g/mol. The van der Waals surface area contributed by atoms with Gasteiger partial charge in [-0.25, -0.2) is 4.79 Å².